The minimum absolute atomic E-state index is 0. The molecule has 1 aliphatic heterocycles. The molecule has 0 amide bonds. The second kappa shape index (κ2) is 7.12. The van der Waals surface area contributed by atoms with Gasteiger partial charge in [-0.3, -0.25) is 0 Å². The van der Waals surface area contributed by atoms with Crippen LogP contribution >= 0.6 is 12.4 Å². The molecule has 0 aromatic heterocycles. The zero-order chi connectivity index (χ0) is 14.9. The Morgan fingerprint density at radius 3 is 2.14 bits per heavy atom. The summed E-state index contributed by atoms with van der Waals surface area (Å²) >= 11 is 0. The zero-order valence-electron chi connectivity index (χ0n) is 12.1. The van der Waals surface area contributed by atoms with Crippen molar-refractivity contribution >= 4 is 32.3 Å². The van der Waals surface area contributed by atoms with Crippen molar-refractivity contribution in [3.8, 4) is 0 Å². The summed E-state index contributed by atoms with van der Waals surface area (Å²) in [7, 11) is -6.51. The van der Waals surface area contributed by atoms with Crippen LogP contribution in [0.5, 0.6) is 0 Å². The number of hydrogen-bond acceptors (Lipinski definition) is 5. The molecule has 6 nitrogen and oxygen atoms in total. The van der Waals surface area contributed by atoms with E-state index in [0.29, 0.717) is 0 Å². The second-order valence-corrected chi connectivity index (χ2v) is 10.5. The highest BCUT2D eigenvalue weighted by atomic mass is 35.5. The van der Waals surface area contributed by atoms with Crippen molar-refractivity contribution in [2.24, 2.45) is 5.73 Å². The van der Waals surface area contributed by atoms with Crippen LogP contribution in [0.2, 0.25) is 0 Å². The van der Waals surface area contributed by atoms with E-state index in [9.17, 15) is 16.8 Å². The molecular formula is C12H25ClN2O4S2. The lowest BCUT2D eigenvalue weighted by Gasteiger charge is -2.34. The van der Waals surface area contributed by atoms with Gasteiger partial charge in [-0.2, -0.15) is 0 Å². The van der Waals surface area contributed by atoms with Gasteiger partial charge in [0, 0.05) is 12.1 Å². The molecular weight excluding hydrogens is 336 g/mol. The maximum Gasteiger partial charge on any atom is 0.214 e. The highest BCUT2D eigenvalue weighted by Gasteiger charge is 2.35. The van der Waals surface area contributed by atoms with Gasteiger partial charge in [-0.1, -0.05) is 19.3 Å². The number of sulfonamides is 1. The summed E-state index contributed by atoms with van der Waals surface area (Å²) in [5.74, 6) is -0.0707. The Bertz CT molecular complexity index is 528. The number of halogens is 1. The fraction of sp³-hybridized carbons (Fsp3) is 1.00. The Labute approximate surface area is 133 Å². The van der Waals surface area contributed by atoms with Crippen LogP contribution < -0.4 is 10.5 Å². The van der Waals surface area contributed by atoms with Gasteiger partial charge in [-0.25, -0.2) is 21.6 Å². The van der Waals surface area contributed by atoms with Crippen LogP contribution in [0.4, 0.5) is 0 Å². The summed E-state index contributed by atoms with van der Waals surface area (Å²) in [6, 6.07) is 0. The number of hydrogen-bond donors (Lipinski definition) is 2. The molecule has 0 aromatic rings. The molecule has 1 aliphatic carbocycles. The summed E-state index contributed by atoms with van der Waals surface area (Å²) in [5.41, 5.74) is 5.78. The van der Waals surface area contributed by atoms with E-state index in [1.54, 1.807) is 0 Å². The first-order valence-corrected chi connectivity index (χ1v) is 10.6. The second-order valence-electron chi connectivity index (χ2n) is 6.14. The predicted molar refractivity (Wildman–Crippen MR) is 85.8 cm³/mol. The highest BCUT2D eigenvalue weighted by molar-refractivity contribution is 7.92. The Hall–Kier alpha value is 0.110. The summed E-state index contributed by atoms with van der Waals surface area (Å²) in [4.78, 5) is 0. The number of sulfone groups is 1. The topological polar surface area (TPSA) is 106 Å². The van der Waals surface area contributed by atoms with Gasteiger partial charge < -0.3 is 5.73 Å². The van der Waals surface area contributed by atoms with Crippen molar-refractivity contribution in [2.45, 2.75) is 55.7 Å². The van der Waals surface area contributed by atoms with E-state index >= 15 is 0 Å². The van der Waals surface area contributed by atoms with Gasteiger partial charge >= 0.3 is 0 Å². The summed E-state index contributed by atoms with van der Waals surface area (Å²) in [6.07, 6.45) is 5.31. The van der Waals surface area contributed by atoms with E-state index in [2.05, 4.69) is 4.72 Å². The molecule has 126 valence electrons. The molecule has 9 heteroatoms. The Morgan fingerprint density at radius 2 is 1.62 bits per heavy atom. The van der Waals surface area contributed by atoms with Gasteiger partial charge in [-0.15, -0.1) is 12.4 Å². The van der Waals surface area contributed by atoms with E-state index < -0.39 is 30.6 Å². The van der Waals surface area contributed by atoms with Gasteiger partial charge in [0.2, 0.25) is 10.0 Å². The third kappa shape index (κ3) is 5.35. The molecule has 2 fully saturated rings. The van der Waals surface area contributed by atoms with E-state index in [-0.39, 0.29) is 43.3 Å². The first-order chi connectivity index (χ1) is 9.23. The van der Waals surface area contributed by atoms with E-state index in [1.165, 1.54) is 0 Å². The molecule has 0 spiro atoms. The first-order valence-electron chi connectivity index (χ1n) is 7.20. The number of nitrogens with two attached hydrogens (primary N) is 1. The molecule has 21 heavy (non-hydrogen) atoms. The van der Waals surface area contributed by atoms with Crippen molar-refractivity contribution < 1.29 is 16.8 Å². The molecule has 1 saturated carbocycles. The molecule has 1 heterocycles. The normalized spacial score (nSPS) is 26.0. The smallest absolute Gasteiger partial charge is 0.214 e. The summed E-state index contributed by atoms with van der Waals surface area (Å²) in [5, 5.41) is -0.599. The summed E-state index contributed by atoms with van der Waals surface area (Å²) in [6.45, 7) is 0.262. The minimum atomic E-state index is -3.47. The zero-order valence-corrected chi connectivity index (χ0v) is 14.5. The average Bonchev–Trinajstić information content (AvgIpc) is 2.37. The van der Waals surface area contributed by atoms with Crippen molar-refractivity contribution in [1.82, 2.24) is 4.72 Å². The molecule has 0 bridgehead atoms. The maximum atomic E-state index is 12.2. The Morgan fingerprint density at radius 1 is 1.10 bits per heavy atom. The lowest BCUT2D eigenvalue weighted by Crippen LogP contribution is -2.53. The SMILES string of the molecule is Cl.NC1(CNS(=O)(=O)C2CCS(=O)(=O)CC2)CCCCC1. The van der Waals surface area contributed by atoms with E-state index in [1.807, 2.05) is 0 Å². The molecule has 2 aliphatic rings. The third-order valence-corrected chi connectivity index (χ3v) is 8.03. The predicted octanol–water partition coefficient (Wildman–Crippen LogP) is 0.566. The maximum absolute atomic E-state index is 12.2. The van der Waals surface area contributed by atoms with Gasteiger partial charge in [0.05, 0.1) is 16.8 Å². The quantitative estimate of drug-likeness (QED) is 0.762. The standard InChI is InChI=1S/C12H24N2O4S2.ClH/c13-12(6-2-1-3-7-12)10-14-20(17,18)11-4-8-19(15,16)9-5-11;/h11,14H,1-10,13H2;1H. The van der Waals surface area contributed by atoms with Gasteiger partial charge in [0.25, 0.3) is 0 Å². The lowest BCUT2D eigenvalue weighted by molar-refractivity contribution is 0.296. The molecule has 2 rings (SSSR count). The number of nitrogens with one attached hydrogen (secondary N) is 1. The van der Waals surface area contributed by atoms with Gasteiger partial charge in [0.1, 0.15) is 9.84 Å². The number of rotatable bonds is 4. The minimum Gasteiger partial charge on any atom is -0.324 e. The Balaban J connectivity index is 0.00000220. The van der Waals surface area contributed by atoms with Crippen LogP contribution in [0.15, 0.2) is 0 Å². The third-order valence-electron chi connectivity index (χ3n) is 4.42. The molecule has 3 N–H and O–H groups in total. The van der Waals surface area contributed by atoms with Gasteiger partial charge in [-0.05, 0) is 25.7 Å². The first kappa shape index (κ1) is 19.2. The van der Waals surface area contributed by atoms with Crippen LogP contribution in [0.3, 0.4) is 0 Å². The van der Waals surface area contributed by atoms with Crippen LogP contribution in [0.25, 0.3) is 0 Å². The highest BCUT2D eigenvalue weighted by Crippen LogP contribution is 2.26. The van der Waals surface area contributed by atoms with Crippen LogP contribution in [0, 0.1) is 0 Å². The molecule has 0 aromatic carbocycles. The average molecular weight is 361 g/mol. The van der Waals surface area contributed by atoms with Crippen molar-refractivity contribution in [3.05, 3.63) is 0 Å². The van der Waals surface area contributed by atoms with Gasteiger partial charge in [0.15, 0.2) is 0 Å². The van der Waals surface area contributed by atoms with Crippen molar-refractivity contribution in [2.75, 3.05) is 18.1 Å². The largest absolute Gasteiger partial charge is 0.324 e. The van der Waals surface area contributed by atoms with Crippen molar-refractivity contribution in [3.63, 3.8) is 0 Å². The monoisotopic (exact) mass is 360 g/mol. The molecule has 0 radical (unpaired) electrons. The van der Waals surface area contributed by atoms with Crippen molar-refractivity contribution in [1.29, 1.82) is 0 Å². The van der Waals surface area contributed by atoms with E-state index in [4.69, 9.17) is 5.73 Å². The molecule has 0 unspecified atom stereocenters. The summed E-state index contributed by atoms with van der Waals surface area (Å²) < 4.78 is 49.7. The van der Waals surface area contributed by atoms with E-state index in [0.717, 1.165) is 32.1 Å². The van der Waals surface area contributed by atoms with Crippen LogP contribution in [-0.2, 0) is 19.9 Å². The fourth-order valence-electron chi connectivity index (χ4n) is 2.97. The van der Waals surface area contributed by atoms with Crippen LogP contribution in [0.1, 0.15) is 44.9 Å². The molecule has 0 atom stereocenters. The lowest BCUT2D eigenvalue weighted by atomic mass is 9.83. The van der Waals surface area contributed by atoms with Crippen LogP contribution in [-0.4, -0.2) is 45.7 Å². The molecule has 1 saturated heterocycles. The fourth-order valence-corrected chi connectivity index (χ4v) is 6.34. The Kier molecular flexibility index (Phi) is 6.50.